The van der Waals surface area contributed by atoms with Crippen LogP contribution in [0.2, 0.25) is 0 Å². The number of aryl methyl sites for hydroxylation is 1. The van der Waals surface area contributed by atoms with Crippen LogP contribution in [0.1, 0.15) is 55.2 Å². The molecule has 0 bridgehead atoms. The summed E-state index contributed by atoms with van der Waals surface area (Å²) >= 11 is 0. The number of anilines is 2. The van der Waals surface area contributed by atoms with E-state index in [1.165, 1.54) is 19.4 Å². The highest BCUT2D eigenvalue weighted by Gasteiger charge is 2.14. The Morgan fingerprint density at radius 1 is 0.889 bits per heavy atom. The number of rotatable bonds is 6. The smallest absolute Gasteiger partial charge is 0.251 e. The minimum atomic E-state index is -0.291. The predicted molar refractivity (Wildman–Crippen MR) is 107 cm³/mol. The van der Waals surface area contributed by atoms with Crippen LogP contribution in [0.15, 0.2) is 42.5 Å². The summed E-state index contributed by atoms with van der Waals surface area (Å²) in [4.78, 5) is 35.4. The second-order valence-corrected chi connectivity index (χ2v) is 6.45. The van der Waals surface area contributed by atoms with Crippen LogP contribution in [0.25, 0.3) is 0 Å². The molecular weight excluding hydrogens is 342 g/mol. The first-order valence-electron chi connectivity index (χ1n) is 8.88. The van der Waals surface area contributed by atoms with E-state index >= 15 is 0 Å². The lowest BCUT2D eigenvalue weighted by molar-refractivity contribution is -0.115. The summed E-state index contributed by atoms with van der Waals surface area (Å²) < 4.78 is 0. The molecule has 142 valence electrons. The molecule has 1 unspecified atom stereocenters. The predicted octanol–water partition coefficient (Wildman–Crippen LogP) is 3.66. The lowest BCUT2D eigenvalue weighted by Gasteiger charge is -2.16. The average molecular weight is 367 g/mol. The Morgan fingerprint density at radius 3 is 1.85 bits per heavy atom. The first kappa shape index (κ1) is 20.2. The van der Waals surface area contributed by atoms with Crippen molar-refractivity contribution in [2.75, 3.05) is 10.6 Å². The zero-order chi connectivity index (χ0) is 20.0. The first-order chi connectivity index (χ1) is 12.8. The largest absolute Gasteiger partial charge is 0.346 e. The van der Waals surface area contributed by atoms with Crippen molar-refractivity contribution in [2.45, 2.75) is 40.2 Å². The van der Waals surface area contributed by atoms with E-state index in [4.69, 9.17) is 0 Å². The molecule has 27 heavy (non-hydrogen) atoms. The Labute approximate surface area is 159 Å². The van der Waals surface area contributed by atoms with Gasteiger partial charge in [-0.1, -0.05) is 31.2 Å². The molecular formula is C21H25N3O3. The van der Waals surface area contributed by atoms with Crippen molar-refractivity contribution < 1.29 is 14.4 Å². The number of amides is 3. The van der Waals surface area contributed by atoms with Gasteiger partial charge in [0, 0.05) is 30.8 Å². The monoisotopic (exact) mass is 367 g/mol. The Hall–Kier alpha value is -3.15. The maximum atomic E-state index is 12.7. The van der Waals surface area contributed by atoms with Crippen molar-refractivity contribution in [3.8, 4) is 0 Å². The molecule has 0 saturated heterocycles. The van der Waals surface area contributed by atoms with E-state index in [9.17, 15) is 14.4 Å². The highest BCUT2D eigenvalue weighted by atomic mass is 16.2. The van der Waals surface area contributed by atoms with Crippen molar-refractivity contribution in [3.63, 3.8) is 0 Å². The van der Waals surface area contributed by atoms with Crippen molar-refractivity contribution in [3.05, 3.63) is 59.2 Å². The Bertz CT molecular complexity index is 810. The molecule has 6 heteroatoms. The van der Waals surface area contributed by atoms with Gasteiger partial charge in [-0.25, -0.2) is 0 Å². The van der Waals surface area contributed by atoms with Crippen molar-refractivity contribution >= 4 is 29.1 Å². The van der Waals surface area contributed by atoms with E-state index in [-0.39, 0.29) is 23.8 Å². The van der Waals surface area contributed by atoms with E-state index in [0.29, 0.717) is 16.9 Å². The minimum Gasteiger partial charge on any atom is -0.346 e. The van der Waals surface area contributed by atoms with Gasteiger partial charge in [0.1, 0.15) is 0 Å². The second-order valence-electron chi connectivity index (χ2n) is 6.45. The number of hydrogen-bond acceptors (Lipinski definition) is 3. The van der Waals surface area contributed by atoms with Gasteiger partial charge in [0.2, 0.25) is 11.8 Å². The Balaban J connectivity index is 2.21. The third kappa shape index (κ3) is 5.95. The molecule has 0 saturated carbocycles. The third-order valence-electron chi connectivity index (χ3n) is 4.07. The molecule has 2 rings (SSSR count). The van der Waals surface area contributed by atoms with Gasteiger partial charge in [-0.2, -0.15) is 0 Å². The van der Waals surface area contributed by atoms with Gasteiger partial charge < -0.3 is 16.0 Å². The summed E-state index contributed by atoms with van der Waals surface area (Å²) in [5, 5.41) is 8.23. The molecule has 0 radical (unpaired) electrons. The highest BCUT2D eigenvalue weighted by Crippen LogP contribution is 2.21. The Morgan fingerprint density at radius 2 is 1.41 bits per heavy atom. The molecule has 3 amide bonds. The Kier molecular flexibility index (Phi) is 6.71. The number of hydrogen-bond donors (Lipinski definition) is 3. The van der Waals surface area contributed by atoms with Gasteiger partial charge in [-0.05, 0) is 42.7 Å². The van der Waals surface area contributed by atoms with Gasteiger partial charge >= 0.3 is 0 Å². The van der Waals surface area contributed by atoms with Gasteiger partial charge in [0.05, 0.1) is 6.04 Å². The van der Waals surface area contributed by atoms with Gasteiger partial charge in [0.25, 0.3) is 5.91 Å². The standard InChI is InChI=1S/C21H25N3O3/c1-5-16-6-8-17(9-7-16)13(2)22-21(27)18-10-19(23-14(3)25)12-20(11-18)24-15(4)26/h6-13H,5H2,1-4H3,(H,22,27)(H,23,25)(H,24,26). The molecule has 0 fully saturated rings. The lowest BCUT2D eigenvalue weighted by atomic mass is 10.0. The number of carbonyl (C=O) groups is 3. The molecule has 3 N–H and O–H groups in total. The molecule has 0 aliphatic heterocycles. The second kappa shape index (κ2) is 8.98. The lowest BCUT2D eigenvalue weighted by Crippen LogP contribution is -2.27. The van der Waals surface area contributed by atoms with Crippen molar-refractivity contribution in [1.29, 1.82) is 0 Å². The molecule has 0 aliphatic rings. The number of carbonyl (C=O) groups excluding carboxylic acids is 3. The maximum absolute atomic E-state index is 12.7. The number of nitrogens with one attached hydrogen (secondary N) is 3. The summed E-state index contributed by atoms with van der Waals surface area (Å²) in [5.74, 6) is -0.808. The zero-order valence-electron chi connectivity index (χ0n) is 16.1. The fraction of sp³-hybridized carbons (Fsp3) is 0.286. The van der Waals surface area contributed by atoms with Crippen LogP contribution in [0.5, 0.6) is 0 Å². The SMILES string of the molecule is CCc1ccc(C(C)NC(=O)c2cc(NC(C)=O)cc(NC(C)=O)c2)cc1. The summed E-state index contributed by atoms with van der Waals surface area (Å²) in [6.45, 7) is 6.76. The van der Waals surface area contributed by atoms with Crippen molar-refractivity contribution in [2.24, 2.45) is 0 Å². The van der Waals surface area contributed by atoms with Crippen molar-refractivity contribution in [1.82, 2.24) is 5.32 Å². The summed E-state index contributed by atoms with van der Waals surface area (Å²) in [7, 11) is 0. The summed E-state index contributed by atoms with van der Waals surface area (Å²) in [5.41, 5.74) is 3.47. The van der Waals surface area contributed by atoms with E-state index in [1.54, 1.807) is 18.2 Å². The highest BCUT2D eigenvalue weighted by molar-refractivity contribution is 6.00. The van der Waals surface area contributed by atoms with Crippen LogP contribution in [0, 0.1) is 0 Å². The van der Waals surface area contributed by atoms with E-state index < -0.39 is 0 Å². The molecule has 2 aromatic carbocycles. The van der Waals surface area contributed by atoms with Crippen LogP contribution in [0.3, 0.4) is 0 Å². The van der Waals surface area contributed by atoms with Crippen LogP contribution in [-0.2, 0) is 16.0 Å². The summed E-state index contributed by atoms with van der Waals surface area (Å²) in [6, 6.07) is 12.7. The molecule has 2 aromatic rings. The maximum Gasteiger partial charge on any atom is 0.251 e. The van der Waals surface area contributed by atoms with Crippen LogP contribution < -0.4 is 16.0 Å². The topological polar surface area (TPSA) is 87.3 Å². The molecule has 0 heterocycles. The zero-order valence-corrected chi connectivity index (χ0v) is 16.1. The van der Waals surface area contributed by atoms with Crippen LogP contribution in [0.4, 0.5) is 11.4 Å². The normalized spacial score (nSPS) is 11.4. The molecule has 0 aliphatic carbocycles. The van der Waals surface area contributed by atoms with Gasteiger partial charge in [-0.3, -0.25) is 14.4 Å². The average Bonchev–Trinajstić information content (AvgIpc) is 2.60. The summed E-state index contributed by atoms with van der Waals surface area (Å²) in [6.07, 6.45) is 0.961. The van der Waals surface area contributed by atoms with E-state index in [0.717, 1.165) is 12.0 Å². The number of benzene rings is 2. The minimum absolute atomic E-state index is 0.183. The molecule has 1 atom stereocenters. The van der Waals surface area contributed by atoms with Gasteiger partial charge in [-0.15, -0.1) is 0 Å². The van der Waals surface area contributed by atoms with Crippen LogP contribution in [-0.4, -0.2) is 17.7 Å². The quantitative estimate of drug-likeness (QED) is 0.728. The fourth-order valence-corrected chi connectivity index (χ4v) is 2.71. The molecule has 0 spiro atoms. The third-order valence-corrected chi connectivity index (χ3v) is 4.07. The fourth-order valence-electron chi connectivity index (χ4n) is 2.71. The molecule has 0 aromatic heterocycles. The van der Waals surface area contributed by atoms with E-state index in [2.05, 4.69) is 22.9 Å². The first-order valence-corrected chi connectivity index (χ1v) is 8.88. The van der Waals surface area contributed by atoms with Crippen LogP contribution >= 0.6 is 0 Å². The van der Waals surface area contributed by atoms with E-state index in [1.807, 2.05) is 31.2 Å². The van der Waals surface area contributed by atoms with Gasteiger partial charge in [0.15, 0.2) is 0 Å². The molecule has 6 nitrogen and oxygen atoms in total.